The van der Waals surface area contributed by atoms with Crippen LogP contribution < -0.4 is 5.32 Å². The number of sulfone groups is 1. The van der Waals surface area contributed by atoms with Gasteiger partial charge in [-0.2, -0.15) is 0 Å². The third-order valence-corrected chi connectivity index (χ3v) is 4.58. The molecule has 1 aromatic rings. The van der Waals surface area contributed by atoms with Crippen molar-refractivity contribution < 1.29 is 8.42 Å². The summed E-state index contributed by atoms with van der Waals surface area (Å²) in [6.07, 6.45) is 0.781. The Hall–Kier alpha value is -0.580. The fraction of sp³-hybridized carbons (Fsp3) is 0.455. The zero-order valence-electron chi connectivity index (χ0n) is 9.40. The topological polar surface area (TPSA) is 46.2 Å². The summed E-state index contributed by atoms with van der Waals surface area (Å²) >= 11 is 5.71. The second-order valence-corrected chi connectivity index (χ2v) is 6.10. The highest BCUT2D eigenvalue weighted by Crippen LogP contribution is 2.16. The highest BCUT2D eigenvalue weighted by Gasteiger charge is 2.18. The van der Waals surface area contributed by atoms with E-state index in [1.165, 1.54) is 0 Å². The van der Waals surface area contributed by atoms with E-state index in [-0.39, 0.29) is 11.8 Å². The van der Waals surface area contributed by atoms with Crippen LogP contribution in [0.5, 0.6) is 0 Å². The van der Waals surface area contributed by atoms with Gasteiger partial charge in [0.25, 0.3) is 0 Å². The van der Waals surface area contributed by atoms with Crippen molar-refractivity contribution in [1.29, 1.82) is 0 Å². The van der Waals surface area contributed by atoms with Gasteiger partial charge in [0.05, 0.1) is 10.6 Å². The van der Waals surface area contributed by atoms with E-state index in [1.807, 2.05) is 6.92 Å². The lowest BCUT2D eigenvalue weighted by Crippen LogP contribution is -2.32. The number of halogens is 1. The molecule has 0 fully saturated rings. The molecule has 0 heterocycles. The largest absolute Gasteiger partial charge is 0.316 e. The summed E-state index contributed by atoms with van der Waals surface area (Å²) in [6.45, 7) is 1.96. The van der Waals surface area contributed by atoms with Gasteiger partial charge < -0.3 is 5.32 Å². The standard InChI is InChI=1S/C11H16ClNO2S/c1-3-10(13-2)8-16(14,15)11-6-4-9(12)5-7-11/h4-7,10,13H,3,8H2,1-2H3. The van der Waals surface area contributed by atoms with Crippen molar-refractivity contribution in [3.05, 3.63) is 29.3 Å². The van der Waals surface area contributed by atoms with Crippen LogP contribution in [0, 0.1) is 0 Å². The van der Waals surface area contributed by atoms with E-state index in [4.69, 9.17) is 11.6 Å². The Bertz CT molecular complexity index is 424. The first-order chi connectivity index (χ1) is 7.49. The summed E-state index contributed by atoms with van der Waals surface area (Å²) in [4.78, 5) is 0.325. The van der Waals surface area contributed by atoms with Gasteiger partial charge in [0.2, 0.25) is 0 Å². The zero-order chi connectivity index (χ0) is 12.2. The van der Waals surface area contributed by atoms with Crippen LogP contribution in [-0.4, -0.2) is 27.3 Å². The Morgan fingerprint density at radius 1 is 1.31 bits per heavy atom. The van der Waals surface area contributed by atoms with E-state index in [2.05, 4.69) is 5.32 Å². The molecule has 0 aliphatic carbocycles. The fourth-order valence-electron chi connectivity index (χ4n) is 1.41. The summed E-state index contributed by atoms with van der Waals surface area (Å²) in [5.74, 6) is 0.113. The lowest BCUT2D eigenvalue weighted by atomic mass is 10.3. The van der Waals surface area contributed by atoms with Crippen LogP contribution in [0.3, 0.4) is 0 Å². The van der Waals surface area contributed by atoms with Crippen molar-refractivity contribution in [3.63, 3.8) is 0 Å². The molecule has 5 heteroatoms. The van der Waals surface area contributed by atoms with Crippen LogP contribution in [0.15, 0.2) is 29.2 Å². The van der Waals surface area contributed by atoms with Crippen molar-refractivity contribution in [3.8, 4) is 0 Å². The molecular weight excluding hydrogens is 246 g/mol. The van der Waals surface area contributed by atoms with Gasteiger partial charge in [-0.25, -0.2) is 8.42 Å². The minimum Gasteiger partial charge on any atom is -0.316 e. The molecule has 1 aromatic carbocycles. The molecule has 0 amide bonds. The third-order valence-electron chi connectivity index (χ3n) is 2.49. The Morgan fingerprint density at radius 2 is 1.88 bits per heavy atom. The lowest BCUT2D eigenvalue weighted by molar-refractivity contribution is 0.556. The molecule has 1 atom stereocenters. The van der Waals surface area contributed by atoms with Crippen molar-refractivity contribution in [2.45, 2.75) is 24.3 Å². The molecule has 1 N–H and O–H groups in total. The normalized spacial score (nSPS) is 13.7. The molecule has 0 spiro atoms. The average molecular weight is 262 g/mol. The van der Waals surface area contributed by atoms with Crippen LogP contribution in [0.1, 0.15) is 13.3 Å². The van der Waals surface area contributed by atoms with E-state index in [1.54, 1.807) is 31.3 Å². The first-order valence-electron chi connectivity index (χ1n) is 5.15. The van der Waals surface area contributed by atoms with E-state index in [0.29, 0.717) is 9.92 Å². The highest BCUT2D eigenvalue weighted by atomic mass is 35.5. The molecule has 0 radical (unpaired) electrons. The molecule has 1 rings (SSSR count). The van der Waals surface area contributed by atoms with E-state index < -0.39 is 9.84 Å². The van der Waals surface area contributed by atoms with Gasteiger partial charge in [-0.1, -0.05) is 18.5 Å². The molecule has 90 valence electrons. The van der Waals surface area contributed by atoms with Gasteiger partial charge in [0, 0.05) is 11.1 Å². The molecule has 0 aliphatic rings. The number of benzene rings is 1. The van der Waals surface area contributed by atoms with Gasteiger partial charge in [-0.05, 0) is 37.7 Å². The summed E-state index contributed by atoms with van der Waals surface area (Å²) in [6, 6.07) is 6.25. The molecule has 0 saturated heterocycles. The molecule has 0 aliphatic heterocycles. The average Bonchev–Trinajstić information content (AvgIpc) is 2.26. The first kappa shape index (κ1) is 13.5. The first-order valence-corrected chi connectivity index (χ1v) is 7.18. The number of hydrogen-bond acceptors (Lipinski definition) is 3. The second-order valence-electron chi connectivity index (χ2n) is 3.63. The fourth-order valence-corrected chi connectivity index (χ4v) is 3.21. The molecule has 0 bridgehead atoms. The van der Waals surface area contributed by atoms with Crippen molar-refractivity contribution in [2.24, 2.45) is 0 Å². The minimum absolute atomic E-state index is 0.0133. The van der Waals surface area contributed by atoms with Crippen LogP contribution in [-0.2, 0) is 9.84 Å². The third kappa shape index (κ3) is 3.47. The predicted octanol–water partition coefficient (Wildman–Crippen LogP) is 2.11. The van der Waals surface area contributed by atoms with Crippen LogP contribution in [0.4, 0.5) is 0 Å². The van der Waals surface area contributed by atoms with E-state index >= 15 is 0 Å². The quantitative estimate of drug-likeness (QED) is 0.883. The van der Waals surface area contributed by atoms with E-state index in [0.717, 1.165) is 6.42 Å². The van der Waals surface area contributed by atoms with E-state index in [9.17, 15) is 8.42 Å². The van der Waals surface area contributed by atoms with Crippen LogP contribution in [0.2, 0.25) is 5.02 Å². The SMILES string of the molecule is CCC(CS(=O)(=O)c1ccc(Cl)cc1)NC. The van der Waals surface area contributed by atoms with Crippen LogP contribution >= 0.6 is 11.6 Å². The van der Waals surface area contributed by atoms with Gasteiger partial charge in [-0.3, -0.25) is 0 Å². The van der Waals surface area contributed by atoms with Crippen molar-refractivity contribution >= 4 is 21.4 Å². The molecule has 1 unspecified atom stereocenters. The minimum atomic E-state index is -3.22. The Labute approximate surface area is 102 Å². The number of rotatable bonds is 5. The molecular formula is C11H16ClNO2S. The summed E-state index contributed by atoms with van der Waals surface area (Å²) < 4.78 is 24.0. The smallest absolute Gasteiger partial charge is 0.179 e. The maximum atomic E-state index is 12.0. The van der Waals surface area contributed by atoms with Gasteiger partial charge >= 0.3 is 0 Å². The number of hydrogen-bond donors (Lipinski definition) is 1. The summed E-state index contributed by atoms with van der Waals surface area (Å²) in [5, 5.41) is 3.53. The molecule has 16 heavy (non-hydrogen) atoms. The molecule has 0 saturated carbocycles. The van der Waals surface area contributed by atoms with Gasteiger partial charge in [0.15, 0.2) is 9.84 Å². The summed E-state index contributed by atoms with van der Waals surface area (Å²) in [5.41, 5.74) is 0. The van der Waals surface area contributed by atoms with Crippen LogP contribution in [0.25, 0.3) is 0 Å². The maximum absolute atomic E-state index is 12.0. The summed E-state index contributed by atoms with van der Waals surface area (Å²) in [7, 11) is -1.45. The lowest BCUT2D eigenvalue weighted by Gasteiger charge is -2.13. The van der Waals surface area contributed by atoms with Gasteiger partial charge in [-0.15, -0.1) is 0 Å². The van der Waals surface area contributed by atoms with Crippen molar-refractivity contribution in [2.75, 3.05) is 12.8 Å². The molecule has 0 aromatic heterocycles. The Kier molecular flexibility index (Phi) is 4.77. The second kappa shape index (κ2) is 5.66. The van der Waals surface area contributed by atoms with Gasteiger partial charge in [0.1, 0.15) is 0 Å². The number of nitrogens with one attached hydrogen (secondary N) is 1. The highest BCUT2D eigenvalue weighted by molar-refractivity contribution is 7.91. The zero-order valence-corrected chi connectivity index (χ0v) is 11.0. The predicted molar refractivity (Wildman–Crippen MR) is 66.6 cm³/mol. The molecule has 3 nitrogen and oxygen atoms in total. The maximum Gasteiger partial charge on any atom is 0.179 e. The monoisotopic (exact) mass is 261 g/mol. The van der Waals surface area contributed by atoms with Crippen molar-refractivity contribution in [1.82, 2.24) is 5.32 Å². The Balaban J connectivity index is 2.89. The Morgan fingerprint density at radius 3 is 2.31 bits per heavy atom.